The summed E-state index contributed by atoms with van der Waals surface area (Å²) >= 11 is 0. The molecule has 1 aromatic carbocycles. The van der Waals surface area contributed by atoms with Crippen LogP contribution in [0.1, 0.15) is 25.5 Å². The van der Waals surface area contributed by atoms with Gasteiger partial charge in [-0.25, -0.2) is 0 Å². The molecule has 0 unspecified atom stereocenters. The van der Waals surface area contributed by atoms with Crippen molar-refractivity contribution in [2.45, 2.75) is 32.4 Å². The van der Waals surface area contributed by atoms with E-state index in [4.69, 9.17) is 13.9 Å². The fourth-order valence-corrected chi connectivity index (χ4v) is 3.83. The summed E-state index contributed by atoms with van der Waals surface area (Å²) in [5, 5.41) is 5.88. The Labute approximate surface area is 169 Å². The SMILES string of the molecule is C[C@@H](C(=O)NCc1ccco1)[NH+]1CCC(C(=O)Nc2ccc3c(c2)OCO3)CC1. The number of furan rings is 1. The van der Waals surface area contributed by atoms with Gasteiger partial charge < -0.3 is 29.4 Å². The fourth-order valence-electron chi connectivity index (χ4n) is 3.83. The Balaban J connectivity index is 1.24. The van der Waals surface area contributed by atoms with E-state index in [1.54, 1.807) is 24.5 Å². The molecule has 2 aromatic rings. The molecule has 3 heterocycles. The molecule has 1 aromatic heterocycles. The third-order valence-corrected chi connectivity index (χ3v) is 5.66. The summed E-state index contributed by atoms with van der Waals surface area (Å²) in [6.07, 6.45) is 3.10. The van der Waals surface area contributed by atoms with E-state index in [2.05, 4.69) is 10.6 Å². The third-order valence-electron chi connectivity index (χ3n) is 5.66. The van der Waals surface area contributed by atoms with Crippen LogP contribution in [0, 0.1) is 5.92 Å². The van der Waals surface area contributed by atoms with Crippen molar-refractivity contribution in [2.24, 2.45) is 5.92 Å². The molecule has 1 saturated heterocycles. The highest BCUT2D eigenvalue weighted by Gasteiger charge is 2.33. The topological polar surface area (TPSA) is 94.2 Å². The number of hydrogen-bond acceptors (Lipinski definition) is 5. The lowest BCUT2D eigenvalue weighted by molar-refractivity contribution is -0.919. The number of benzene rings is 1. The Kier molecular flexibility index (Phi) is 5.71. The lowest BCUT2D eigenvalue weighted by Crippen LogP contribution is -3.17. The molecule has 0 saturated carbocycles. The minimum Gasteiger partial charge on any atom is -0.467 e. The first-order valence-electron chi connectivity index (χ1n) is 9.95. The van der Waals surface area contributed by atoms with Gasteiger partial charge in [0.05, 0.1) is 25.9 Å². The first kappa shape index (κ1) is 19.3. The molecule has 1 fully saturated rings. The van der Waals surface area contributed by atoms with Crippen molar-refractivity contribution in [1.82, 2.24) is 5.32 Å². The van der Waals surface area contributed by atoms with Gasteiger partial charge in [0.15, 0.2) is 17.5 Å². The standard InChI is InChI=1S/C21H25N3O5/c1-14(20(25)22-12-17-3-2-10-27-17)24-8-6-15(7-9-24)21(26)23-16-4-5-18-19(11-16)29-13-28-18/h2-5,10-11,14-15H,6-9,12-13H2,1H3,(H,22,25)(H,23,26)/p+1/t14-/m0/s1. The predicted molar refractivity (Wildman–Crippen MR) is 105 cm³/mol. The second kappa shape index (κ2) is 8.57. The van der Waals surface area contributed by atoms with Gasteiger partial charge >= 0.3 is 0 Å². The van der Waals surface area contributed by atoms with Crippen LogP contribution in [-0.2, 0) is 16.1 Å². The van der Waals surface area contributed by atoms with E-state index >= 15 is 0 Å². The van der Waals surface area contributed by atoms with E-state index in [-0.39, 0.29) is 30.6 Å². The molecule has 0 radical (unpaired) electrons. The third kappa shape index (κ3) is 4.54. The molecule has 8 nitrogen and oxygen atoms in total. The van der Waals surface area contributed by atoms with Crippen LogP contribution in [-0.4, -0.2) is 37.7 Å². The molecule has 1 atom stereocenters. The number of amides is 2. The smallest absolute Gasteiger partial charge is 0.278 e. The Morgan fingerprint density at radius 1 is 1.17 bits per heavy atom. The molecule has 2 aliphatic rings. The highest BCUT2D eigenvalue weighted by molar-refractivity contribution is 5.93. The summed E-state index contributed by atoms with van der Waals surface area (Å²) < 4.78 is 15.9. The summed E-state index contributed by atoms with van der Waals surface area (Å²) in [7, 11) is 0. The molecule has 29 heavy (non-hydrogen) atoms. The Morgan fingerprint density at radius 3 is 2.72 bits per heavy atom. The van der Waals surface area contributed by atoms with Crippen molar-refractivity contribution >= 4 is 17.5 Å². The molecule has 3 N–H and O–H groups in total. The van der Waals surface area contributed by atoms with Crippen LogP contribution < -0.4 is 25.0 Å². The van der Waals surface area contributed by atoms with Crippen LogP contribution in [0.15, 0.2) is 41.0 Å². The minimum absolute atomic E-state index is 0.000314. The van der Waals surface area contributed by atoms with Crippen LogP contribution in [0.2, 0.25) is 0 Å². The van der Waals surface area contributed by atoms with E-state index < -0.39 is 0 Å². The Hall–Kier alpha value is -3.00. The number of rotatable bonds is 6. The van der Waals surface area contributed by atoms with E-state index in [9.17, 15) is 9.59 Å². The van der Waals surface area contributed by atoms with Gasteiger partial charge in [-0.15, -0.1) is 0 Å². The van der Waals surface area contributed by atoms with Crippen molar-refractivity contribution in [3.05, 3.63) is 42.4 Å². The first-order valence-corrected chi connectivity index (χ1v) is 9.95. The van der Waals surface area contributed by atoms with E-state index in [0.717, 1.165) is 31.7 Å². The first-order chi connectivity index (χ1) is 14.1. The lowest BCUT2D eigenvalue weighted by atomic mass is 9.94. The molecule has 2 aliphatic heterocycles. The summed E-state index contributed by atoms with van der Waals surface area (Å²) in [4.78, 5) is 26.2. The second-order valence-corrected chi connectivity index (χ2v) is 7.51. The van der Waals surface area contributed by atoms with Crippen molar-refractivity contribution in [2.75, 3.05) is 25.2 Å². The van der Waals surface area contributed by atoms with Crippen LogP contribution in [0.25, 0.3) is 0 Å². The summed E-state index contributed by atoms with van der Waals surface area (Å²) in [6.45, 7) is 4.11. The monoisotopic (exact) mass is 400 g/mol. The molecular formula is C21H26N3O5+. The molecular weight excluding hydrogens is 374 g/mol. The van der Waals surface area contributed by atoms with E-state index in [1.807, 2.05) is 19.1 Å². The lowest BCUT2D eigenvalue weighted by Gasteiger charge is -2.32. The average Bonchev–Trinajstić information content (AvgIpc) is 3.43. The van der Waals surface area contributed by atoms with E-state index in [0.29, 0.717) is 23.7 Å². The fraction of sp³-hybridized carbons (Fsp3) is 0.429. The average molecular weight is 400 g/mol. The second-order valence-electron chi connectivity index (χ2n) is 7.51. The minimum atomic E-state index is -0.164. The molecule has 0 aliphatic carbocycles. The number of nitrogens with one attached hydrogen (secondary N) is 3. The van der Waals surface area contributed by atoms with Crippen molar-refractivity contribution in [3.8, 4) is 11.5 Å². The molecule has 0 spiro atoms. The van der Waals surface area contributed by atoms with Crippen molar-refractivity contribution in [3.63, 3.8) is 0 Å². The number of ether oxygens (including phenoxy) is 2. The van der Waals surface area contributed by atoms with Gasteiger partial charge in [-0.1, -0.05) is 0 Å². The molecule has 2 amide bonds. The highest BCUT2D eigenvalue weighted by atomic mass is 16.7. The summed E-state index contributed by atoms with van der Waals surface area (Å²) in [6, 6.07) is 8.87. The zero-order chi connectivity index (χ0) is 20.2. The predicted octanol–water partition coefficient (Wildman–Crippen LogP) is 0.947. The van der Waals surface area contributed by atoms with Crippen molar-refractivity contribution < 1.29 is 28.4 Å². The van der Waals surface area contributed by atoms with Crippen LogP contribution in [0.3, 0.4) is 0 Å². The van der Waals surface area contributed by atoms with Gasteiger partial charge in [0.1, 0.15) is 5.76 Å². The summed E-state index contributed by atoms with van der Waals surface area (Å²) in [5.74, 6) is 2.04. The zero-order valence-corrected chi connectivity index (χ0v) is 16.4. The normalized spacial score (nSPS) is 21.4. The number of quaternary nitrogens is 1. The maximum Gasteiger partial charge on any atom is 0.278 e. The molecule has 0 bridgehead atoms. The number of carbonyl (C=O) groups is 2. The Bertz CT molecular complexity index is 859. The number of carbonyl (C=O) groups excluding carboxylic acids is 2. The molecule has 154 valence electrons. The van der Waals surface area contributed by atoms with Crippen LogP contribution >= 0.6 is 0 Å². The summed E-state index contributed by atoms with van der Waals surface area (Å²) in [5.41, 5.74) is 0.708. The number of hydrogen-bond donors (Lipinski definition) is 3. The Morgan fingerprint density at radius 2 is 1.97 bits per heavy atom. The number of likely N-dealkylation sites (tertiary alicyclic amines) is 1. The quantitative estimate of drug-likeness (QED) is 0.671. The van der Waals surface area contributed by atoms with Gasteiger partial charge in [-0.3, -0.25) is 9.59 Å². The maximum atomic E-state index is 12.6. The van der Waals surface area contributed by atoms with E-state index in [1.165, 1.54) is 4.90 Å². The van der Waals surface area contributed by atoms with Crippen LogP contribution in [0.4, 0.5) is 5.69 Å². The van der Waals surface area contributed by atoms with Gasteiger partial charge in [-0.05, 0) is 31.2 Å². The maximum absolute atomic E-state index is 12.6. The number of piperidine rings is 1. The van der Waals surface area contributed by atoms with Gasteiger partial charge in [0.25, 0.3) is 5.91 Å². The largest absolute Gasteiger partial charge is 0.467 e. The number of fused-ring (bicyclic) bond motifs is 1. The molecule has 8 heteroatoms. The zero-order valence-electron chi connectivity index (χ0n) is 16.4. The number of anilines is 1. The van der Waals surface area contributed by atoms with Gasteiger partial charge in [0.2, 0.25) is 12.7 Å². The van der Waals surface area contributed by atoms with Crippen molar-refractivity contribution in [1.29, 1.82) is 0 Å². The highest BCUT2D eigenvalue weighted by Crippen LogP contribution is 2.34. The van der Waals surface area contributed by atoms with Gasteiger partial charge in [-0.2, -0.15) is 0 Å². The van der Waals surface area contributed by atoms with Crippen LogP contribution in [0.5, 0.6) is 11.5 Å². The molecule has 4 rings (SSSR count). The van der Waals surface area contributed by atoms with Gasteiger partial charge in [0, 0.05) is 30.5 Å².